The number of hydrazone groups is 1. The van der Waals surface area contributed by atoms with Crippen LogP contribution in [0.4, 0.5) is 0 Å². The van der Waals surface area contributed by atoms with Crippen molar-refractivity contribution < 1.29 is 8.42 Å². The molecule has 6 heteroatoms. The predicted molar refractivity (Wildman–Crippen MR) is 114 cm³/mol. The molecule has 28 heavy (non-hydrogen) atoms. The van der Waals surface area contributed by atoms with E-state index in [1.54, 1.807) is 30.5 Å². The van der Waals surface area contributed by atoms with Gasteiger partial charge in [0.25, 0.3) is 10.0 Å². The monoisotopic (exact) mass is 395 g/mol. The van der Waals surface area contributed by atoms with Crippen molar-refractivity contribution in [2.45, 2.75) is 39.0 Å². The molecule has 0 spiro atoms. The van der Waals surface area contributed by atoms with Gasteiger partial charge in [0.2, 0.25) is 0 Å². The van der Waals surface area contributed by atoms with Gasteiger partial charge in [-0.3, -0.25) is 0 Å². The van der Waals surface area contributed by atoms with Crippen molar-refractivity contribution in [1.82, 2.24) is 9.40 Å². The van der Waals surface area contributed by atoms with Crippen LogP contribution in [0.3, 0.4) is 0 Å². The molecule has 146 valence electrons. The Balaban J connectivity index is 1.82. The molecule has 0 bridgehead atoms. The molecule has 1 heterocycles. The highest BCUT2D eigenvalue weighted by Gasteiger charge is 2.13. The van der Waals surface area contributed by atoms with E-state index in [1.807, 2.05) is 26.8 Å². The van der Waals surface area contributed by atoms with Crippen molar-refractivity contribution in [3.63, 3.8) is 0 Å². The first-order valence-electron chi connectivity index (χ1n) is 9.21. The molecule has 0 aliphatic carbocycles. The maximum absolute atomic E-state index is 12.3. The summed E-state index contributed by atoms with van der Waals surface area (Å²) in [4.78, 5) is 2.48. The van der Waals surface area contributed by atoms with Gasteiger partial charge in [0.05, 0.1) is 11.1 Å². The van der Waals surface area contributed by atoms with Crippen LogP contribution in [0.1, 0.15) is 35.0 Å². The molecule has 1 N–H and O–H groups in total. The molecule has 5 nitrogen and oxygen atoms in total. The number of aryl methyl sites for hydroxylation is 3. The zero-order valence-electron chi connectivity index (χ0n) is 16.6. The summed E-state index contributed by atoms with van der Waals surface area (Å²) in [6.07, 6.45) is 2.55. The fraction of sp³-hybridized carbons (Fsp3) is 0.227. The molecule has 0 aliphatic rings. The summed E-state index contributed by atoms with van der Waals surface area (Å²) in [6, 6.07) is 17.1. The Morgan fingerprint density at radius 1 is 1.00 bits per heavy atom. The number of rotatable bonds is 6. The van der Waals surface area contributed by atoms with E-state index in [2.05, 4.69) is 45.7 Å². The number of nitrogens with one attached hydrogen (secondary N) is 1. The molecule has 0 unspecified atom stereocenters. The van der Waals surface area contributed by atoms with Crippen LogP contribution in [0.15, 0.2) is 64.6 Å². The number of aromatic nitrogens is 1. The second kappa shape index (κ2) is 8.02. The number of nitrogens with zero attached hydrogens (tertiary/aromatic N) is 2. The van der Waals surface area contributed by atoms with Gasteiger partial charge in [-0.1, -0.05) is 36.8 Å². The Labute approximate surface area is 166 Å². The summed E-state index contributed by atoms with van der Waals surface area (Å²) in [5.74, 6) is 0. The minimum atomic E-state index is -3.68. The number of sulfonamides is 1. The molecule has 0 fully saturated rings. The van der Waals surface area contributed by atoms with E-state index < -0.39 is 10.0 Å². The SMILES string of the molecule is CCc1ccc(-n2c(C)cc(/C=N\NS(=O)(=O)c3ccc(C)cc3)c2C)cc1. The number of hydrogen-bond acceptors (Lipinski definition) is 3. The van der Waals surface area contributed by atoms with E-state index in [1.165, 1.54) is 5.56 Å². The third-order valence-electron chi connectivity index (χ3n) is 4.78. The van der Waals surface area contributed by atoms with Crippen molar-refractivity contribution in [2.75, 3.05) is 0 Å². The van der Waals surface area contributed by atoms with Gasteiger partial charge in [0.15, 0.2) is 0 Å². The summed E-state index contributed by atoms with van der Waals surface area (Å²) >= 11 is 0. The second-order valence-electron chi connectivity index (χ2n) is 6.85. The van der Waals surface area contributed by atoms with Gasteiger partial charge >= 0.3 is 0 Å². The Bertz CT molecular complexity index is 1090. The smallest absolute Gasteiger partial charge is 0.276 e. The summed E-state index contributed by atoms with van der Waals surface area (Å²) in [6.45, 7) is 8.06. The third kappa shape index (κ3) is 4.17. The maximum Gasteiger partial charge on any atom is 0.276 e. The summed E-state index contributed by atoms with van der Waals surface area (Å²) in [5, 5.41) is 3.97. The average Bonchev–Trinajstić information content (AvgIpc) is 2.95. The lowest BCUT2D eigenvalue weighted by atomic mass is 10.1. The normalized spacial score (nSPS) is 11.9. The summed E-state index contributed by atoms with van der Waals surface area (Å²) < 4.78 is 26.8. The molecule has 3 aromatic rings. The van der Waals surface area contributed by atoms with E-state index in [0.717, 1.165) is 34.6 Å². The van der Waals surface area contributed by atoms with Crippen LogP contribution in [0, 0.1) is 20.8 Å². The van der Waals surface area contributed by atoms with Crippen LogP contribution in [0.2, 0.25) is 0 Å². The summed E-state index contributed by atoms with van der Waals surface area (Å²) in [7, 11) is -3.68. The Morgan fingerprint density at radius 2 is 1.64 bits per heavy atom. The van der Waals surface area contributed by atoms with Gasteiger partial charge in [0.1, 0.15) is 0 Å². The fourth-order valence-electron chi connectivity index (χ4n) is 3.13. The minimum absolute atomic E-state index is 0.191. The van der Waals surface area contributed by atoms with Crippen LogP contribution in [0.5, 0.6) is 0 Å². The Hall–Kier alpha value is -2.86. The molecule has 3 rings (SSSR count). The van der Waals surface area contributed by atoms with E-state index in [-0.39, 0.29) is 4.90 Å². The standard InChI is InChI=1S/C22H25N3O2S/c1-5-19-8-10-21(11-9-19)25-17(3)14-20(18(25)4)15-23-24-28(26,27)22-12-6-16(2)7-13-22/h6-15,24H,5H2,1-4H3/b23-15-. The zero-order valence-corrected chi connectivity index (χ0v) is 17.4. The maximum atomic E-state index is 12.3. The molecule has 0 saturated carbocycles. The average molecular weight is 396 g/mol. The fourth-order valence-corrected chi connectivity index (χ4v) is 3.92. The van der Waals surface area contributed by atoms with Crippen molar-refractivity contribution in [2.24, 2.45) is 5.10 Å². The molecule has 2 aromatic carbocycles. The number of hydrogen-bond donors (Lipinski definition) is 1. The molecule has 0 radical (unpaired) electrons. The van der Waals surface area contributed by atoms with Gasteiger partial charge in [0, 0.05) is 22.6 Å². The van der Waals surface area contributed by atoms with Crippen LogP contribution >= 0.6 is 0 Å². The molecule has 1 aromatic heterocycles. The van der Waals surface area contributed by atoms with Gasteiger partial charge in [-0.05, 0) is 63.1 Å². The molecule has 0 aliphatic heterocycles. The minimum Gasteiger partial charge on any atom is -0.318 e. The van der Waals surface area contributed by atoms with Crippen molar-refractivity contribution in [3.8, 4) is 5.69 Å². The van der Waals surface area contributed by atoms with Crippen LogP contribution in [-0.4, -0.2) is 19.2 Å². The molecular weight excluding hydrogens is 370 g/mol. The highest BCUT2D eigenvalue weighted by molar-refractivity contribution is 7.89. The summed E-state index contributed by atoms with van der Waals surface area (Å²) in [5.41, 5.74) is 6.29. The Kier molecular flexibility index (Phi) is 5.70. The first-order chi connectivity index (χ1) is 13.3. The molecular formula is C22H25N3O2S. The van der Waals surface area contributed by atoms with Crippen molar-refractivity contribution in [1.29, 1.82) is 0 Å². The lowest BCUT2D eigenvalue weighted by molar-refractivity contribution is 0.584. The lowest BCUT2D eigenvalue weighted by Gasteiger charge is -2.10. The van der Waals surface area contributed by atoms with Gasteiger partial charge < -0.3 is 4.57 Å². The highest BCUT2D eigenvalue weighted by atomic mass is 32.2. The topological polar surface area (TPSA) is 63.5 Å². The first kappa shape index (κ1) is 19.9. The van der Waals surface area contributed by atoms with Gasteiger partial charge in [-0.15, -0.1) is 0 Å². The molecule has 0 atom stereocenters. The highest BCUT2D eigenvalue weighted by Crippen LogP contribution is 2.20. The molecule has 0 saturated heterocycles. The predicted octanol–water partition coefficient (Wildman–Crippen LogP) is 4.28. The van der Waals surface area contributed by atoms with Crippen molar-refractivity contribution >= 4 is 16.2 Å². The number of benzene rings is 2. The quantitative estimate of drug-likeness (QED) is 0.500. The zero-order chi connectivity index (χ0) is 20.3. The Morgan fingerprint density at radius 3 is 2.25 bits per heavy atom. The second-order valence-corrected chi connectivity index (χ2v) is 8.51. The van der Waals surface area contributed by atoms with Gasteiger partial charge in [-0.25, -0.2) is 4.83 Å². The third-order valence-corrected chi connectivity index (χ3v) is 6.02. The van der Waals surface area contributed by atoms with E-state index in [9.17, 15) is 8.42 Å². The largest absolute Gasteiger partial charge is 0.318 e. The van der Waals surface area contributed by atoms with E-state index >= 15 is 0 Å². The first-order valence-corrected chi connectivity index (χ1v) is 10.7. The van der Waals surface area contributed by atoms with Crippen LogP contribution in [-0.2, 0) is 16.4 Å². The molecule has 0 amide bonds. The lowest BCUT2D eigenvalue weighted by Crippen LogP contribution is -2.18. The van der Waals surface area contributed by atoms with Crippen LogP contribution < -0.4 is 4.83 Å². The van der Waals surface area contributed by atoms with Gasteiger partial charge in [-0.2, -0.15) is 13.5 Å². The van der Waals surface area contributed by atoms with Crippen LogP contribution in [0.25, 0.3) is 5.69 Å². The van der Waals surface area contributed by atoms with Crippen molar-refractivity contribution in [3.05, 3.63) is 82.7 Å². The van der Waals surface area contributed by atoms with E-state index in [0.29, 0.717) is 0 Å². The van der Waals surface area contributed by atoms with E-state index in [4.69, 9.17) is 0 Å².